The molecule has 1 aromatic carbocycles. The number of methoxy groups -OCH3 is 1. The van der Waals surface area contributed by atoms with Gasteiger partial charge in [0, 0.05) is 23.6 Å². The van der Waals surface area contributed by atoms with E-state index in [0.717, 1.165) is 38.0 Å². The number of benzene rings is 1. The third-order valence-electron chi connectivity index (χ3n) is 5.43. The number of hydrogen-bond donors (Lipinski definition) is 1. The second-order valence-corrected chi connectivity index (χ2v) is 9.25. The summed E-state index contributed by atoms with van der Waals surface area (Å²) >= 11 is 0. The Morgan fingerprint density at radius 3 is 2.65 bits per heavy atom. The lowest BCUT2D eigenvalue weighted by molar-refractivity contribution is 0.344. The van der Waals surface area contributed by atoms with E-state index in [-0.39, 0.29) is 17.2 Å². The summed E-state index contributed by atoms with van der Waals surface area (Å²) in [6.07, 6.45) is 6.47. The van der Waals surface area contributed by atoms with Gasteiger partial charge in [-0.3, -0.25) is 0 Å². The maximum absolute atomic E-state index is 11.8. The summed E-state index contributed by atoms with van der Waals surface area (Å²) in [6.45, 7) is 0.841. The molecule has 128 valence electrons. The second-order valence-electron chi connectivity index (χ2n) is 7.02. The van der Waals surface area contributed by atoms with E-state index in [1.165, 1.54) is 18.4 Å². The number of sulfone groups is 1. The van der Waals surface area contributed by atoms with Gasteiger partial charge in [-0.15, -0.1) is 0 Å². The van der Waals surface area contributed by atoms with Crippen LogP contribution in [0.4, 0.5) is 0 Å². The fourth-order valence-corrected chi connectivity index (χ4v) is 5.87. The van der Waals surface area contributed by atoms with Crippen LogP contribution in [0.1, 0.15) is 44.1 Å². The maximum Gasteiger partial charge on any atom is 0.151 e. The average molecular weight is 337 g/mol. The fourth-order valence-electron chi connectivity index (χ4n) is 4.20. The van der Waals surface area contributed by atoms with Crippen molar-refractivity contribution in [1.29, 1.82) is 0 Å². The van der Waals surface area contributed by atoms with Crippen molar-refractivity contribution >= 4 is 9.84 Å². The van der Waals surface area contributed by atoms with Crippen molar-refractivity contribution in [1.82, 2.24) is 5.32 Å². The van der Waals surface area contributed by atoms with Crippen molar-refractivity contribution in [2.45, 2.75) is 50.0 Å². The largest absolute Gasteiger partial charge is 0.496 e. The Hall–Kier alpha value is -1.07. The van der Waals surface area contributed by atoms with Gasteiger partial charge in [0.15, 0.2) is 9.84 Å². The van der Waals surface area contributed by atoms with Crippen molar-refractivity contribution in [2.24, 2.45) is 0 Å². The van der Waals surface area contributed by atoms with Crippen LogP contribution in [0.25, 0.3) is 0 Å². The van der Waals surface area contributed by atoms with Crippen molar-refractivity contribution < 1.29 is 13.2 Å². The Bertz CT molecular complexity index is 635. The lowest BCUT2D eigenvalue weighted by Gasteiger charge is -2.34. The van der Waals surface area contributed by atoms with E-state index in [9.17, 15) is 8.42 Å². The van der Waals surface area contributed by atoms with Crippen molar-refractivity contribution in [3.05, 3.63) is 29.8 Å². The second kappa shape index (κ2) is 6.81. The van der Waals surface area contributed by atoms with Crippen molar-refractivity contribution in [3.8, 4) is 5.75 Å². The first-order chi connectivity index (χ1) is 11.0. The molecule has 0 amide bonds. The van der Waals surface area contributed by atoms with E-state index in [4.69, 9.17) is 4.74 Å². The highest BCUT2D eigenvalue weighted by Crippen LogP contribution is 2.44. The van der Waals surface area contributed by atoms with E-state index in [2.05, 4.69) is 17.4 Å². The molecule has 1 N–H and O–H groups in total. The third kappa shape index (κ3) is 3.72. The van der Waals surface area contributed by atoms with Crippen LogP contribution in [0.5, 0.6) is 5.75 Å². The van der Waals surface area contributed by atoms with Crippen molar-refractivity contribution in [3.63, 3.8) is 0 Å². The molecule has 5 heteroatoms. The lowest BCUT2D eigenvalue weighted by atomic mass is 9.78. The molecule has 1 aliphatic heterocycles. The standard InChI is InChI=1S/C18H27NO3S/c1-22-17-9-3-2-8-16(17)18(10-4-5-11-18)14-19-15-7-6-12-23(20,21)13-15/h2-3,8-9,15,19H,4-7,10-14H2,1H3/t15-/m0/s1. The van der Waals surface area contributed by atoms with Gasteiger partial charge in [0.25, 0.3) is 0 Å². The molecule has 0 radical (unpaired) electrons. The van der Waals surface area contributed by atoms with E-state index in [1.807, 2.05) is 12.1 Å². The van der Waals surface area contributed by atoms with Gasteiger partial charge < -0.3 is 10.1 Å². The minimum Gasteiger partial charge on any atom is -0.496 e. The molecule has 3 rings (SSSR count). The third-order valence-corrected chi connectivity index (χ3v) is 7.25. The molecule has 1 saturated carbocycles. The Kier molecular flexibility index (Phi) is 4.97. The Balaban J connectivity index is 1.76. The predicted octanol–water partition coefficient (Wildman–Crippen LogP) is 2.67. The van der Waals surface area contributed by atoms with Crippen LogP contribution in [0.15, 0.2) is 24.3 Å². The quantitative estimate of drug-likeness (QED) is 0.897. The minimum atomic E-state index is -2.86. The molecule has 2 aliphatic rings. The normalized spacial score (nSPS) is 26.0. The molecule has 1 atom stereocenters. The maximum atomic E-state index is 11.8. The van der Waals surface area contributed by atoms with Gasteiger partial charge in [-0.1, -0.05) is 31.0 Å². The summed E-state index contributed by atoms with van der Waals surface area (Å²) in [6, 6.07) is 8.37. The topological polar surface area (TPSA) is 55.4 Å². The average Bonchev–Trinajstić information content (AvgIpc) is 3.02. The van der Waals surface area contributed by atoms with Gasteiger partial charge in [0.1, 0.15) is 5.75 Å². The fraction of sp³-hybridized carbons (Fsp3) is 0.667. The Morgan fingerprint density at radius 1 is 1.22 bits per heavy atom. The molecule has 0 aromatic heterocycles. The van der Waals surface area contributed by atoms with Gasteiger partial charge in [-0.2, -0.15) is 0 Å². The molecule has 0 unspecified atom stereocenters. The number of rotatable bonds is 5. The van der Waals surface area contributed by atoms with E-state index < -0.39 is 9.84 Å². The first-order valence-electron chi connectivity index (χ1n) is 8.62. The molecule has 0 spiro atoms. The van der Waals surface area contributed by atoms with Crippen LogP contribution in [0, 0.1) is 0 Å². The number of hydrogen-bond acceptors (Lipinski definition) is 4. The minimum absolute atomic E-state index is 0.0772. The monoisotopic (exact) mass is 337 g/mol. The van der Waals surface area contributed by atoms with Gasteiger partial charge in [0.05, 0.1) is 18.6 Å². The first kappa shape index (κ1) is 16.8. The van der Waals surface area contributed by atoms with Gasteiger partial charge in [-0.25, -0.2) is 8.42 Å². The molecule has 1 aliphatic carbocycles. The smallest absolute Gasteiger partial charge is 0.151 e. The highest BCUT2D eigenvalue weighted by Gasteiger charge is 2.38. The number of ether oxygens (including phenoxy) is 1. The summed E-state index contributed by atoms with van der Waals surface area (Å²) in [4.78, 5) is 0. The summed E-state index contributed by atoms with van der Waals surface area (Å²) < 4.78 is 29.3. The molecule has 2 fully saturated rings. The van der Waals surface area contributed by atoms with E-state index >= 15 is 0 Å². The number of para-hydroxylation sites is 1. The molecular weight excluding hydrogens is 310 g/mol. The highest BCUT2D eigenvalue weighted by atomic mass is 32.2. The van der Waals surface area contributed by atoms with Crippen LogP contribution < -0.4 is 10.1 Å². The van der Waals surface area contributed by atoms with Crippen molar-refractivity contribution in [2.75, 3.05) is 25.2 Å². The number of nitrogens with one attached hydrogen (secondary N) is 1. The van der Waals surface area contributed by atoms with Gasteiger partial charge in [-0.05, 0) is 31.7 Å². The zero-order chi connectivity index (χ0) is 16.3. The summed E-state index contributed by atoms with van der Waals surface area (Å²) in [7, 11) is -1.14. The zero-order valence-electron chi connectivity index (χ0n) is 13.9. The summed E-state index contributed by atoms with van der Waals surface area (Å²) in [5, 5.41) is 3.58. The van der Waals surface area contributed by atoms with E-state index in [1.54, 1.807) is 7.11 Å². The molecule has 4 nitrogen and oxygen atoms in total. The molecule has 1 aromatic rings. The molecule has 1 heterocycles. The van der Waals surface area contributed by atoms with Crippen LogP contribution in [0.3, 0.4) is 0 Å². The van der Waals surface area contributed by atoms with Gasteiger partial charge in [0.2, 0.25) is 0 Å². The molecule has 23 heavy (non-hydrogen) atoms. The summed E-state index contributed by atoms with van der Waals surface area (Å²) in [5.74, 6) is 1.59. The lowest BCUT2D eigenvalue weighted by Crippen LogP contribution is -2.46. The summed E-state index contributed by atoms with van der Waals surface area (Å²) in [5.41, 5.74) is 1.35. The SMILES string of the molecule is COc1ccccc1C1(CN[C@H]2CCCS(=O)(=O)C2)CCCC1. The van der Waals surface area contributed by atoms with Crippen LogP contribution in [-0.2, 0) is 15.3 Å². The van der Waals surface area contributed by atoms with Crippen LogP contribution in [-0.4, -0.2) is 39.6 Å². The first-order valence-corrected chi connectivity index (χ1v) is 10.4. The van der Waals surface area contributed by atoms with Crippen LogP contribution >= 0.6 is 0 Å². The van der Waals surface area contributed by atoms with Crippen LogP contribution in [0.2, 0.25) is 0 Å². The van der Waals surface area contributed by atoms with Gasteiger partial charge >= 0.3 is 0 Å². The molecule has 1 saturated heterocycles. The predicted molar refractivity (Wildman–Crippen MR) is 92.8 cm³/mol. The molecular formula is C18H27NO3S. The highest BCUT2D eigenvalue weighted by molar-refractivity contribution is 7.91. The Morgan fingerprint density at radius 2 is 1.96 bits per heavy atom. The molecule has 0 bridgehead atoms. The van der Waals surface area contributed by atoms with E-state index in [0.29, 0.717) is 5.75 Å². The zero-order valence-corrected chi connectivity index (χ0v) is 14.7. The Labute approximate surface area is 139 Å².